The van der Waals surface area contributed by atoms with Crippen molar-refractivity contribution in [3.05, 3.63) is 54.1 Å². The maximum Gasteiger partial charge on any atom is 0.116 e. The molecular formula is C14H14OS2. The van der Waals surface area contributed by atoms with Crippen LogP contribution in [0, 0.1) is 0 Å². The lowest BCUT2D eigenvalue weighted by atomic mass is 10.2. The molecule has 2 rings (SSSR count). The van der Waals surface area contributed by atoms with Crippen LogP contribution in [0.3, 0.4) is 0 Å². The van der Waals surface area contributed by atoms with Crippen molar-refractivity contribution in [2.24, 2.45) is 0 Å². The van der Waals surface area contributed by atoms with Crippen molar-refractivity contribution in [3.63, 3.8) is 0 Å². The molecule has 0 saturated heterocycles. The van der Waals surface area contributed by atoms with Gasteiger partial charge in [0, 0.05) is 15.5 Å². The van der Waals surface area contributed by atoms with Crippen LogP contribution < -0.4 is 0 Å². The molecule has 3 heteroatoms. The fraction of sp³-hybridized carbons (Fsp3) is 0.143. The number of phenolic OH excluding ortho intramolecular Hbond substituents is 1. The molecule has 0 aliphatic carbocycles. The molecule has 0 saturated carbocycles. The van der Waals surface area contributed by atoms with Crippen molar-refractivity contribution in [2.45, 2.75) is 15.5 Å². The highest BCUT2D eigenvalue weighted by Gasteiger charge is 1.98. The lowest BCUT2D eigenvalue weighted by molar-refractivity contribution is 0.474. The van der Waals surface area contributed by atoms with Crippen molar-refractivity contribution < 1.29 is 5.11 Å². The van der Waals surface area contributed by atoms with Crippen molar-refractivity contribution in [1.29, 1.82) is 0 Å². The largest absolute Gasteiger partial charge is 0.508 e. The van der Waals surface area contributed by atoms with Gasteiger partial charge in [-0.2, -0.15) is 0 Å². The number of phenols is 1. The summed E-state index contributed by atoms with van der Waals surface area (Å²) < 4.78 is 0. The summed E-state index contributed by atoms with van der Waals surface area (Å²) in [5.74, 6) is 1.26. The Morgan fingerprint density at radius 1 is 1.00 bits per heavy atom. The summed E-state index contributed by atoms with van der Waals surface area (Å²) in [4.78, 5) is 2.38. The fourth-order valence-corrected chi connectivity index (χ4v) is 2.77. The number of thioether (sulfide) groups is 2. The Morgan fingerprint density at radius 3 is 2.41 bits per heavy atom. The number of aromatic hydroxyl groups is 1. The zero-order valence-corrected chi connectivity index (χ0v) is 11.2. The maximum atomic E-state index is 9.36. The Labute approximate surface area is 110 Å². The average molecular weight is 262 g/mol. The molecule has 0 atom stereocenters. The zero-order chi connectivity index (χ0) is 12.1. The standard InChI is InChI=1S/C14H14OS2/c1-16-13-7-5-11(6-8-13)10-17-14-4-2-3-12(15)9-14/h2-9,15H,10H2,1H3. The van der Waals surface area contributed by atoms with E-state index in [1.807, 2.05) is 12.1 Å². The molecule has 2 aromatic carbocycles. The van der Waals surface area contributed by atoms with E-state index in [0.29, 0.717) is 5.75 Å². The quantitative estimate of drug-likeness (QED) is 0.824. The highest BCUT2D eigenvalue weighted by Crippen LogP contribution is 2.26. The highest BCUT2D eigenvalue weighted by atomic mass is 32.2. The monoisotopic (exact) mass is 262 g/mol. The van der Waals surface area contributed by atoms with Crippen molar-refractivity contribution in [1.82, 2.24) is 0 Å². The molecule has 88 valence electrons. The summed E-state index contributed by atoms with van der Waals surface area (Å²) in [5.41, 5.74) is 1.30. The second-order valence-electron chi connectivity index (χ2n) is 3.63. The van der Waals surface area contributed by atoms with E-state index >= 15 is 0 Å². The smallest absolute Gasteiger partial charge is 0.116 e. The molecule has 1 N–H and O–H groups in total. The molecule has 1 nitrogen and oxygen atoms in total. The van der Waals surface area contributed by atoms with E-state index in [1.165, 1.54) is 10.5 Å². The lowest BCUT2D eigenvalue weighted by Crippen LogP contribution is -1.80. The lowest BCUT2D eigenvalue weighted by Gasteiger charge is -2.03. The minimum Gasteiger partial charge on any atom is -0.508 e. The molecule has 17 heavy (non-hydrogen) atoms. The highest BCUT2D eigenvalue weighted by molar-refractivity contribution is 7.98. The second kappa shape index (κ2) is 6.03. The Kier molecular flexibility index (Phi) is 4.40. The van der Waals surface area contributed by atoms with Crippen LogP contribution in [0.5, 0.6) is 5.75 Å². The first-order valence-electron chi connectivity index (χ1n) is 5.33. The van der Waals surface area contributed by atoms with Crippen LogP contribution in [0.4, 0.5) is 0 Å². The van der Waals surface area contributed by atoms with E-state index in [2.05, 4.69) is 30.5 Å². The van der Waals surface area contributed by atoms with Gasteiger partial charge in [0.1, 0.15) is 5.75 Å². The van der Waals surface area contributed by atoms with Crippen LogP contribution in [0.1, 0.15) is 5.56 Å². The Balaban J connectivity index is 1.97. The van der Waals surface area contributed by atoms with E-state index in [0.717, 1.165) is 10.6 Å². The number of hydrogen-bond acceptors (Lipinski definition) is 3. The van der Waals surface area contributed by atoms with Crippen molar-refractivity contribution in [2.75, 3.05) is 6.26 Å². The van der Waals surface area contributed by atoms with Crippen molar-refractivity contribution in [3.8, 4) is 5.75 Å². The maximum absolute atomic E-state index is 9.36. The number of benzene rings is 2. The minimum absolute atomic E-state index is 0.327. The third kappa shape index (κ3) is 3.72. The normalized spacial score (nSPS) is 10.4. The summed E-state index contributed by atoms with van der Waals surface area (Å²) in [5, 5.41) is 9.36. The van der Waals surface area contributed by atoms with Crippen LogP contribution in [0.2, 0.25) is 0 Å². The molecule has 0 radical (unpaired) electrons. The van der Waals surface area contributed by atoms with E-state index in [-0.39, 0.29) is 0 Å². The van der Waals surface area contributed by atoms with Gasteiger partial charge in [0.15, 0.2) is 0 Å². The van der Waals surface area contributed by atoms with Crippen LogP contribution in [0.25, 0.3) is 0 Å². The molecule has 0 spiro atoms. The molecule has 2 aromatic rings. The molecular weight excluding hydrogens is 248 g/mol. The SMILES string of the molecule is CSc1ccc(CSc2cccc(O)c2)cc1. The van der Waals surface area contributed by atoms with Gasteiger partial charge in [-0.05, 0) is 42.2 Å². The summed E-state index contributed by atoms with van der Waals surface area (Å²) in [7, 11) is 0. The van der Waals surface area contributed by atoms with Gasteiger partial charge in [0.2, 0.25) is 0 Å². The van der Waals surface area contributed by atoms with Crippen molar-refractivity contribution >= 4 is 23.5 Å². The van der Waals surface area contributed by atoms with Crippen LogP contribution >= 0.6 is 23.5 Å². The first-order valence-corrected chi connectivity index (χ1v) is 7.54. The Morgan fingerprint density at radius 2 is 1.76 bits per heavy atom. The van der Waals surface area contributed by atoms with Gasteiger partial charge in [0.25, 0.3) is 0 Å². The second-order valence-corrected chi connectivity index (χ2v) is 5.56. The van der Waals surface area contributed by atoms with E-state index < -0.39 is 0 Å². The molecule has 0 fully saturated rings. The summed E-state index contributed by atoms with van der Waals surface area (Å²) in [6, 6.07) is 16.0. The van der Waals surface area contributed by atoms with Gasteiger partial charge in [0.05, 0.1) is 0 Å². The summed E-state index contributed by atoms with van der Waals surface area (Å²) in [6.45, 7) is 0. The predicted molar refractivity (Wildman–Crippen MR) is 75.9 cm³/mol. The Hall–Kier alpha value is -1.06. The Bertz CT molecular complexity index is 480. The predicted octanol–water partition coefficient (Wildman–Crippen LogP) is 4.41. The summed E-state index contributed by atoms with van der Waals surface area (Å²) >= 11 is 3.49. The molecule has 0 unspecified atom stereocenters. The van der Waals surface area contributed by atoms with E-state index in [1.54, 1.807) is 35.7 Å². The van der Waals surface area contributed by atoms with Crippen LogP contribution in [-0.4, -0.2) is 11.4 Å². The van der Waals surface area contributed by atoms with Gasteiger partial charge in [-0.3, -0.25) is 0 Å². The molecule has 0 amide bonds. The molecule has 0 aliphatic heterocycles. The number of hydrogen-bond donors (Lipinski definition) is 1. The first kappa shape index (κ1) is 12.4. The van der Waals surface area contributed by atoms with Crippen LogP contribution in [0.15, 0.2) is 58.3 Å². The third-order valence-electron chi connectivity index (χ3n) is 2.38. The van der Waals surface area contributed by atoms with E-state index in [9.17, 15) is 5.11 Å². The van der Waals surface area contributed by atoms with Gasteiger partial charge in [-0.25, -0.2) is 0 Å². The average Bonchev–Trinajstić information content (AvgIpc) is 2.37. The first-order chi connectivity index (χ1) is 8.28. The minimum atomic E-state index is 0.327. The molecule has 0 aliphatic rings. The molecule has 0 aromatic heterocycles. The van der Waals surface area contributed by atoms with Crippen LogP contribution in [-0.2, 0) is 5.75 Å². The van der Waals surface area contributed by atoms with Gasteiger partial charge >= 0.3 is 0 Å². The topological polar surface area (TPSA) is 20.2 Å². The molecule has 0 heterocycles. The molecule has 0 bridgehead atoms. The van der Waals surface area contributed by atoms with Gasteiger partial charge in [-0.1, -0.05) is 18.2 Å². The number of rotatable bonds is 4. The summed E-state index contributed by atoms with van der Waals surface area (Å²) in [6.07, 6.45) is 2.08. The van der Waals surface area contributed by atoms with Gasteiger partial charge in [-0.15, -0.1) is 23.5 Å². The third-order valence-corrected chi connectivity index (χ3v) is 4.19. The fourth-order valence-electron chi connectivity index (χ4n) is 1.46. The van der Waals surface area contributed by atoms with Gasteiger partial charge < -0.3 is 5.11 Å². The zero-order valence-electron chi connectivity index (χ0n) is 9.59. The van der Waals surface area contributed by atoms with E-state index in [4.69, 9.17) is 0 Å².